The van der Waals surface area contributed by atoms with Gasteiger partial charge in [0.25, 0.3) is 11.8 Å². The van der Waals surface area contributed by atoms with Crippen molar-refractivity contribution in [1.29, 1.82) is 0 Å². The molecule has 29 heavy (non-hydrogen) atoms. The summed E-state index contributed by atoms with van der Waals surface area (Å²) in [7, 11) is 0. The molecule has 2 N–H and O–H groups in total. The van der Waals surface area contributed by atoms with Crippen LogP contribution in [0.15, 0.2) is 36.4 Å². The number of hydrogen-bond donors (Lipinski definition) is 2. The zero-order valence-electron chi connectivity index (χ0n) is 16.1. The molecule has 2 aromatic carbocycles. The van der Waals surface area contributed by atoms with E-state index in [1.165, 1.54) is 0 Å². The van der Waals surface area contributed by atoms with Crippen LogP contribution in [0.25, 0.3) is 11.0 Å². The van der Waals surface area contributed by atoms with E-state index in [9.17, 15) is 9.59 Å². The number of aryl methyl sites for hydroxylation is 2. The van der Waals surface area contributed by atoms with Crippen LogP contribution in [-0.4, -0.2) is 41.7 Å². The number of rotatable bonds is 5. The first-order valence-electron chi connectivity index (χ1n) is 9.22. The van der Waals surface area contributed by atoms with Gasteiger partial charge in [-0.2, -0.15) is 0 Å². The number of nitrogens with zero attached hydrogens (tertiary/aromatic N) is 2. The maximum absolute atomic E-state index is 12.4. The summed E-state index contributed by atoms with van der Waals surface area (Å²) in [5.74, 6) is 0.698. The van der Waals surface area contributed by atoms with Crippen molar-refractivity contribution in [3.05, 3.63) is 58.9 Å². The highest BCUT2D eigenvalue weighted by atomic mass is 16.7. The second-order valence-corrected chi connectivity index (χ2v) is 6.68. The number of amides is 2. The average molecular weight is 392 g/mol. The zero-order valence-corrected chi connectivity index (χ0v) is 16.1. The largest absolute Gasteiger partial charge is 0.454 e. The van der Waals surface area contributed by atoms with E-state index in [1.54, 1.807) is 36.4 Å². The van der Waals surface area contributed by atoms with Gasteiger partial charge < -0.3 is 20.1 Å². The lowest BCUT2D eigenvalue weighted by molar-refractivity contribution is 0.0927. The minimum absolute atomic E-state index is 0.159. The van der Waals surface area contributed by atoms with E-state index in [0.29, 0.717) is 41.2 Å². The number of nitrogens with one attached hydrogen (secondary N) is 2. The Morgan fingerprint density at radius 3 is 2.14 bits per heavy atom. The second-order valence-electron chi connectivity index (χ2n) is 6.68. The quantitative estimate of drug-likeness (QED) is 0.645. The summed E-state index contributed by atoms with van der Waals surface area (Å²) < 4.78 is 10.5. The Kier molecular flexibility index (Phi) is 4.99. The van der Waals surface area contributed by atoms with E-state index in [2.05, 4.69) is 20.6 Å². The third kappa shape index (κ3) is 3.96. The molecule has 2 amide bonds. The molecule has 8 heteroatoms. The van der Waals surface area contributed by atoms with E-state index < -0.39 is 0 Å². The molecule has 1 aromatic heterocycles. The molecule has 3 aromatic rings. The van der Waals surface area contributed by atoms with Crippen LogP contribution in [0, 0.1) is 13.8 Å². The van der Waals surface area contributed by atoms with Gasteiger partial charge in [0.15, 0.2) is 11.5 Å². The Morgan fingerprint density at radius 2 is 1.41 bits per heavy atom. The molecule has 4 rings (SSSR count). The van der Waals surface area contributed by atoms with Crippen LogP contribution in [0.5, 0.6) is 11.5 Å². The van der Waals surface area contributed by atoms with Crippen LogP contribution in [-0.2, 0) is 0 Å². The van der Waals surface area contributed by atoms with Gasteiger partial charge in [-0.3, -0.25) is 9.59 Å². The molecule has 0 atom stereocenters. The predicted molar refractivity (Wildman–Crippen MR) is 106 cm³/mol. The van der Waals surface area contributed by atoms with Crippen molar-refractivity contribution in [2.45, 2.75) is 13.8 Å². The van der Waals surface area contributed by atoms with Gasteiger partial charge in [-0.15, -0.1) is 0 Å². The SMILES string of the molecule is Cc1nc2ccc(C(=O)NCCNC(=O)c3ccc4c(c3)OCO4)cc2nc1C. The molecule has 1 aliphatic rings. The number of benzene rings is 2. The minimum atomic E-state index is -0.246. The lowest BCUT2D eigenvalue weighted by atomic mass is 10.1. The van der Waals surface area contributed by atoms with E-state index in [0.717, 1.165) is 16.9 Å². The number of aromatic nitrogens is 2. The first-order chi connectivity index (χ1) is 14.0. The van der Waals surface area contributed by atoms with Gasteiger partial charge in [0.2, 0.25) is 6.79 Å². The van der Waals surface area contributed by atoms with Crippen molar-refractivity contribution in [2.75, 3.05) is 19.9 Å². The zero-order chi connectivity index (χ0) is 20.4. The van der Waals surface area contributed by atoms with Gasteiger partial charge in [-0.1, -0.05) is 0 Å². The topological polar surface area (TPSA) is 102 Å². The smallest absolute Gasteiger partial charge is 0.251 e. The second kappa shape index (κ2) is 7.75. The molecule has 0 unspecified atom stereocenters. The van der Waals surface area contributed by atoms with Crippen molar-refractivity contribution >= 4 is 22.8 Å². The third-order valence-electron chi connectivity index (χ3n) is 4.67. The number of carbonyl (C=O) groups excluding carboxylic acids is 2. The summed E-state index contributed by atoms with van der Waals surface area (Å²) >= 11 is 0. The molecular weight excluding hydrogens is 372 g/mol. The first-order valence-corrected chi connectivity index (χ1v) is 9.22. The molecule has 8 nitrogen and oxygen atoms in total. The van der Waals surface area contributed by atoms with E-state index in [-0.39, 0.29) is 18.6 Å². The molecule has 1 aliphatic heterocycles. The Balaban J connectivity index is 1.31. The van der Waals surface area contributed by atoms with Gasteiger partial charge >= 0.3 is 0 Å². The maximum atomic E-state index is 12.4. The van der Waals surface area contributed by atoms with Crippen molar-refractivity contribution < 1.29 is 19.1 Å². The minimum Gasteiger partial charge on any atom is -0.454 e. The molecule has 0 saturated carbocycles. The highest BCUT2D eigenvalue weighted by molar-refractivity contribution is 5.97. The van der Waals surface area contributed by atoms with Gasteiger partial charge in [0.1, 0.15) is 0 Å². The van der Waals surface area contributed by atoms with E-state index in [4.69, 9.17) is 9.47 Å². The Hall–Kier alpha value is -3.68. The monoisotopic (exact) mass is 392 g/mol. The standard InChI is InChI=1S/C21H20N4O4/c1-12-13(2)25-17-9-14(3-5-16(17)24-12)20(26)22-7-8-23-21(27)15-4-6-18-19(10-15)29-11-28-18/h3-6,9-10H,7-8,11H2,1-2H3,(H,22,26)(H,23,27). The molecule has 2 heterocycles. The Bertz CT molecular complexity index is 1110. The number of carbonyl (C=O) groups is 2. The summed E-state index contributed by atoms with van der Waals surface area (Å²) in [6.07, 6.45) is 0. The molecule has 0 bridgehead atoms. The highest BCUT2D eigenvalue weighted by Crippen LogP contribution is 2.32. The molecule has 148 valence electrons. The van der Waals surface area contributed by atoms with Gasteiger partial charge in [0.05, 0.1) is 22.4 Å². The predicted octanol–water partition coefficient (Wildman–Crippen LogP) is 2.14. The molecule has 0 radical (unpaired) electrons. The summed E-state index contributed by atoms with van der Waals surface area (Å²) in [6, 6.07) is 10.2. The molecule has 0 fully saturated rings. The van der Waals surface area contributed by atoms with Crippen molar-refractivity contribution in [3.8, 4) is 11.5 Å². The van der Waals surface area contributed by atoms with E-state index in [1.807, 2.05) is 13.8 Å². The van der Waals surface area contributed by atoms with Gasteiger partial charge in [-0.05, 0) is 50.2 Å². The van der Waals surface area contributed by atoms with Crippen LogP contribution < -0.4 is 20.1 Å². The first kappa shape index (κ1) is 18.7. The number of fused-ring (bicyclic) bond motifs is 2. The van der Waals surface area contributed by atoms with Crippen molar-refractivity contribution in [3.63, 3.8) is 0 Å². The fourth-order valence-corrected chi connectivity index (χ4v) is 2.97. The average Bonchev–Trinajstić information content (AvgIpc) is 3.19. The molecule has 0 saturated heterocycles. The van der Waals surface area contributed by atoms with Crippen LogP contribution in [0.1, 0.15) is 32.1 Å². The Morgan fingerprint density at radius 1 is 0.828 bits per heavy atom. The number of hydrogen-bond acceptors (Lipinski definition) is 6. The summed E-state index contributed by atoms with van der Waals surface area (Å²) in [5.41, 5.74) is 4.10. The lowest BCUT2D eigenvalue weighted by Crippen LogP contribution is -2.34. The third-order valence-corrected chi connectivity index (χ3v) is 4.67. The molecule has 0 spiro atoms. The number of ether oxygens (including phenoxy) is 2. The van der Waals surface area contributed by atoms with Crippen LogP contribution in [0.4, 0.5) is 0 Å². The molecular formula is C21H20N4O4. The van der Waals surface area contributed by atoms with Crippen molar-refractivity contribution in [2.24, 2.45) is 0 Å². The highest BCUT2D eigenvalue weighted by Gasteiger charge is 2.16. The Labute approximate surface area is 167 Å². The van der Waals surface area contributed by atoms with Crippen molar-refractivity contribution in [1.82, 2.24) is 20.6 Å². The fraction of sp³-hybridized carbons (Fsp3) is 0.238. The summed E-state index contributed by atoms with van der Waals surface area (Å²) in [5, 5.41) is 5.56. The summed E-state index contributed by atoms with van der Waals surface area (Å²) in [4.78, 5) is 33.5. The van der Waals surface area contributed by atoms with Crippen LogP contribution in [0.2, 0.25) is 0 Å². The normalized spacial score (nSPS) is 12.1. The van der Waals surface area contributed by atoms with Crippen LogP contribution >= 0.6 is 0 Å². The summed E-state index contributed by atoms with van der Waals surface area (Å²) in [6.45, 7) is 4.54. The van der Waals surface area contributed by atoms with Crippen LogP contribution in [0.3, 0.4) is 0 Å². The molecule has 0 aliphatic carbocycles. The van der Waals surface area contributed by atoms with Gasteiger partial charge in [-0.25, -0.2) is 9.97 Å². The van der Waals surface area contributed by atoms with E-state index >= 15 is 0 Å². The fourth-order valence-electron chi connectivity index (χ4n) is 2.97. The maximum Gasteiger partial charge on any atom is 0.251 e. The lowest BCUT2D eigenvalue weighted by Gasteiger charge is -2.09. The van der Waals surface area contributed by atoms with Gasteiger partial charge in [0, 0.05) is 24.2 Å².